The molecule has 2 N–H and O–H groups in total. The minimum absolute atomic E-state index is 0.213. The molecule has 0 aliphatic heterocycles. The number of hydrogen-bond donors (Lipinski definition) is 1. The van der Waals surface area contributed by atoms with E-state index in [0.29, 0.717) is 6.07 Å². The first-order valence-corrected chi connectivity index (χ1v) is 5.28. The highest BCUT2D eigenvalue weighted by molar-refractivity contribution is 5.31. The second-order valence-electron chi connectivity index (χ2n) is 4.06. The lowest BCUT2D eigenvalue weighted by atomic mass is 10.1. The number of alkyl halides is 6. The Hall–Kier alpha value is -1.51. The van der Waals surface area contributed by atoms with Crippen molar-refractivity contribution < 1.29 is 35.5 Å². The predicted molar refractivity (Wildman–Crippen MR) is 55.5 cm³/mol. The highest BCUT2D eigenvalue weighted by Crippen LogP contribution is 2.37. The Morgan fingerprint density at radius 3 is 1.90 bits per heavy atom. The molecule has 0 saturated heterocycles. The fourth-order valence-corrected chi connectivity index (χ4v) is 1.34. The molecule has 20 heavy (non-hydrogen) atoms. The number of ether oxygens (including phenoxy) is 1. The molecule has 0 spiro atoms. The molecule has 1 aromatic carbocycles. The van der Waals surface area contributed by atoms with Gasteiger partial charge in [0.1, 0.15) is 0 Å². The van der Waals surface area contributed by atoms with Crippen LogP contribution in [0.3, 0.4) is 0 Å². The monoisotopic (exact) mass is 305 g/mol. The standard InChI is InChI=1S/C11H10F7NO/c1-5(19)6-2-3-8(7(12)4-6)20-9(10(13,14)15)11(16,17)18/h2-5,9H,19H2,1H3/t5-/m1/s1. The van der Waals surface area contributed by atoms with Crippen LogP contribution in [0.25, 0.3) is 0 Å². The summed E-state index contributed by atoms with van der Waals surface area (Å²) in [5.41, 5.74) is 5.62. The maximum atomic E-state index is 13.4. The minimum Gasteiger partial charge on any atom is -0.468 e. The molecule has 114 valence electrons. The highest BCUT2D eigenvalue weighted by Gasteiger charge is 2.59. The minimum atomic E-state index is -5.70. The Labute approximate surface area is 109 Å². The number of rotatable bonds is 3. The molecule has 0 aliphatic carbocycles. The van der Waals surface area contributed by atoms with Crippen molar-refractivity contribution in [2.45, 2.75) is 31.4 Å². The molecule has 0 fully saturated rings. The largest absolute Gasteiger partial charge is 0.468 e. The lowest BCUT2D eigenvalue weighted by Gasteiger charge is -2.24. The zero-order valence-corrected chi connectivity index (χ0v) is 10.0. The molecule has 0 aliphatic rings. The van der Waals surface area contributed by atoms with Gasteiger partial charge in [0.25, 0.3) is 6.10 Å². The van der Waals surface area contributed by atoms with Crippen LogP contribution in [0.4, 0.5) is 30.7 Å². The average molecular weight is 305 g/mol. The van der Waals surface area contributed by atoms with Gasteiger partial charge in [0.2, 0.25) is 0 Å². The smallest absolute Gasteiger partial charge is 0.434 e. The van der Waals surface area contributed by atoms with Crippen molar-refractivity contribution in [1.82, 2.24) is 0 Å². The van der Waals surface area contributed by atoms with E-state index in [1.807, 2.05) is 0 Å². The molecule has 1 rings (SSSR count). The quantitative estimate of drug-likeness (QED) is 0.864. The zero-order valence-electron chi connectivity index (χ0n) is 10.0. The maximum Gasteiger partial charge on any atom is 0.434 e. The Balaban J connectivity index is 3.07. The van der Waals surface area contributed by atoms with Crippen LogP contribution in [0.1, 0.15) is 18.5 Å². The third kappa shape index (κ3) is 3.99. The van der Waals surface area contributed by atoms with Gasteiger partial charge >= 0.3 is 12.4 Å². The first-order chi connectivity index (χ1) is 8.93. The first-order valence-electron chi connectivity index (χ1n) is 5.28. The molecule has 2 nitrogen and oxygen atoms in total. The van der Waals surface area contributed by atoms with Crippen LogP contribution in [-0.4, -0.2) is 18.5 Å². The molecule has 0 unspecified atom stereocenters. The van der Waals surface area contributed by atoms with Crippen LogP contribution in [0.15, 0.2) is 18.2 Å². The van der Waals surface area contributed by atoms with Crippen molar-refractivity contribution in [3.8, 4) is 5.75 Å². The van der Waals surface area contributed by atoms with Gasteiger partial charge in [-0.1, -0.05) is 6.07 Å². The summed E-state index contributed by atoms with van der Waals surface area (Å²) in [6.07, 6.45) is -15.5. The predicted octanol–water partition coefficient (Wildman–Crippen LogP) is 3.72. The van der Waals surface area contributed by atoms with E-state index in [2.05, 4.69) is 4.74 Å². The second-order valence-corrected chi connectivity index (χ2v) is 4.06. The summed E-state index contributed by atoms with van der Waals surface area (Å²) in [5.74, 6) is -2.49. The highest BCUT2D eigenvalue weighted by atomic mass is 19.4. The van der Waals surface area contributed by atoms with E-state index in [1.54, 1.807) is 0 Å². The molecule has 0 saturated carbocycles. The molecule has 0 bridgehead atoms. The van der Waals surface area contributed by atoms with Gasteiger partial charge in [0, 0.05) is 6.04 Å². The van der Waals surface area contributed by atoms with Gasteiger partial charge in [-0.2, -0.15) is 26.3 Å². The van der Waals surface area contributed by atoms with E-state index in [9.17, 15) is 30.7 Å². The Morgan fingerprint density at radius 2 is 1.55 bits per heavy atom. The molecular weight excluding hydrogens is 295 g/mol. The topological polar surface area (TPSA) is 35.2 Å². The molecule has 1 atom stereocenters. The normalized spacial score (nSPS) is 14.5. The molecule has 9 heteroatoms. The van der Waals surface area contributed by atoms with Crippen LogP contribution in [0, 0.1) is 5.82 Å². The van der Waals surface area contributed by atoms with Crippen molar-refractivity contribution in [2.75, 3.05) is 0 Å². The van der Waals surface area contributed by atoms with Gasteiger partial charge in [0.15, 0.2) is 11.6 Å². The Bertz CT molecular complexity index is 453. The van der Waals surface area contributed by atoms with Crippen LogP contribution >= 0.6 is 0 Å². The molecule has 0 amide bonds. The Morgan fingerprint density at radius 1 is 1.05 bits per heavy atom. The van der Waals surface area contributed by atoms with Gasteiger partial charge in [-0.3, -0.25) is 0 Å². The Kier molecular flexibility index (Phi) is 4.52. The van der Waals surface area contributed by atoms with Crippen LogP contribution in [0.5, 0.6) is 5.75 Å². The van der Waals surface area contributed by atoms with Crippen LogP contribution in [-0.2, 0) is 0 Å². The summed E-state index contributed by atoms with van der Waals surface area (Å²) in [4.78, 5) is 0. The van der Waals surface area contributed by atoms with Crippen LogP contribution < -0.4 is 10.5 Å². The average Bonchev–Trinajstić information content (AvgIpc) is 2.23. The van der Waals surface area contributed by atoms with Crippen molar-refractivity contribution >= 4 is 0 Å². The molecule has 0 heterocycles. The van der Waals surface area contributed by atoms with Crippen LogP contribution in [0.2, 0.25) is 0 Å². The van der Waals surface area contributed by atoms with E-state index < -0.39 is 36.1 Å². The molecule has 1 aromatic rings. The summed E-state index contributed by atoms with van der Waals surface area (Å²) in [5, 5.41) is 0. The lowest BCUT2D eigenvalue weighted by Crippen LogP contribution is -2.46. The van der Waals surface area contributed by atoms with Gasteiger partial charge in [-0.25, -0.2) is 4.39 Å². The summed E-state index contributed by atoms with van der Waals surface area (Å²) in [6.45, 7) is 1.48. The maximum absolute atomic E-state index is 13.4. The molecule has 0 aromatic heterocycles. The van der Waals surface area contributed by atoms with Gasteiger partial charge in [-0.15, -0.1) is 0 Å². The number of halogens is 7. The summed E-state index contributed by atoms with van der Waals surface area (Å²) in [7, 11) is 0. The van der Waals surface area contributed by atoms with Crippen molar-refractivity contribution in [3.63, 3.8) is 0 Å². The van der Waals surface area contributed by atoms with Crippen molar-refractivity contribution in [2.24, 2.45) is 5.73 Å². The first kappa shape index (κ1) is 16.5. The van der Waals surface area contributed by atoms with E-state index >= 15 is 0 Å². The third-order valence-electron chi connectivity index (χ3n) is 2.32. The summed E-state index contributed by atoms with van der Waals surface area (Å²) < 4.78 is 90.7. The number of hydrogen-bond acceptors (Lipinski definition) is 2. The van der Waals surface area contributed by atoms with Gasteiger partial charge in [0.05, 0.1) is 0 Å². The SMILES string of the molecule is C[C@@H](N)c1ccc(OC(C(F)(F)F)C(F)(F)F)c(F)c1. The summed E-state index contributed by atoms with van der Waals surface area (Å²) >= 11 is 0. The fourth-order valence-electron chi connectivity index (χ4n) is 1.34. The summed E-state index contributed by atoms with van der Waals surface area (Å²) in [6, 6.07) is 1.87. The molecular formula is C11H10F7NO. The van der Waals surface area contributed by atoms with E-state index in [4.69, 9.17) is 5.73 Å². The van der Waals surface area contributed by atoms with Gasteiger partial charge < -0.3 is 10.5 Å². The lowest BCUT2D eigenvalue weighted by molar-refractivity contribution is -0.300. The number of nitrogens with two attached hydrogens (primary N) is 1. The molecule has 0 radical (unpaired) electrons. The van der Waals surface area contributed by atoms with Crippen molar-refractivity contribution in [1.29, 1.82) is 0 Å². The van der Waals surface area contributed by atoms with Crippen molar-refractivity contribution in [3.05, 3.63) is 29.6 Å². The van der Waals surface area contributed by atoms with Gasteiger partial charge in [-0.05, 0) is 24.6 Å². The third-order valence-corrected chi connectivity index (χ3v) is 2.32. The number of benzene rings is 1. The second kappa shape index (κ2) is 5.47. The van der Waals surface area contributed by atoms with E-state index in [1.165, 1.54) is 6.92 Å². The fraction of sp³-hybridized carbons (Fsp3) is 0.455. The zero-order chi connectivity index (χ0) is 15.7. The van der Waals surface area contributed by atoms with E-state index in [-0.39, 0.29) is 5.56 Å². The van der Waals surface area contributed by atoms with E-state index in [0.717, 1.165) is 12.1 Å².